The molecule has 2 aromatic rings. The Bertz CT molecular complexity index is 813. The van der Waals surface area contributed by atoms with E-state index in [-0.39, 0.29) is 17.7 Å². The van der Waals surface area contributed by atoms with Gasteiger partial charge in [0.1, 0.15) is 6.26 Å². The number of amides is 2. The highest BCUT2D eigenvalue weighted by Gasteiger charge is 2.32. The molecule has 2 amide bonds. The summed E-state index contributed by atoms with van der Waals surface area (Å²) in [4.78, 5) is 29.6. The number of benzene rings is 1. The fourth-order valence-corrected chi connectivity index (χ4v) is 4.67. The predicted molar refractivity (Wildman–Crippen MR) is 115 cm³/mol. The standard InChI is InChI=1S/C24H31N3O3/c28-23(25-12-8-19-5-2-1-3-6-19)20-7-4-13-27(17-20)22-9-14-26(15-10-22)24(29)21-11-16-30-18-21/h1-3,5-6,11,16,18,20,22H,4,7-10,12-15,17H2,(H,25,28)/t20-/m1/s1. The van der Waals surface area contributed by atoms with Crippen LogP contribution < -0.4 is 5.32 Å². The summed E-state index contributed by atoms with van der Waals surface area (Å²) in [6.45, 7) is 4.09. The smallest absolute Gasteiger partial charge is 0.257 e. The second kappa shape index (κ2) is 9.94. The van der Waals surface area contributed by atoms with Crippen LogP contribution in [-0.4, -0.2) is 60.4 Å². The Labute approximate surface area is 178 Å². The Morgan fingerprint density at radius 1 is 1.03 bits per heavy atom. The molecule has 30 heavy (non-hydrogen) atoms. The summed E-state index contributed by atoms with van der Waals surface area (Å²) in [7, 11) is 0. The number of furan rings is 1. The first-order valence-electron chi connectivity index (χ1n) is 11.1. The fourth-order valence-electron chi connectivity index (χ4n) is 4.67. The van der Waals surface area contributed by atoms with Gasteiger partial charge in [-0.15, -0.1) is 0 Å². The van der Waals surface area contributed by atoms with Crippen molar-refractivity contribution in [1.29, 1.82) is 0 Å². The molecule has 0 aliphatic carbocycles. The Morgan fingerprint density at radius 3 is 2.57 bits per heavy atom. The highest BCUT2D eigenvalue weighted by Crippen LogP contribution is 2.25. The van der Waals surface area contributed by atoms with Crippen LogP contribution in [0.3, 0.4) is 0 Å². The minimum atomic E-state index is 0.0523. The maximum absolute atomic E-state index is 12.7. The van der Waals surface area contributed by atoms with Gasteiger partial charge in [-0.05, 0) is 50.3 Å². The lowest BCUT2D eigenvalue weighted by Gasteiger charge is -2.42. The lowest BCUT2D eigenvalue weighted by Crippen LogP contribution is -2.51. The second-order valence-corrected chi connectivity index (χ2v) is 8.40. The molecule has 4 rings (SSSR count). The van der Waals surface area contributed by atoms with Gasteiger partial charge < -0.3 is 14.6 Å². The summed E-state index contributed by atoms with van der Waals surface area (Å²) in [5, 5.41) is 3.13. The summed E-state index contributed by atoms with van der Waals surface area (Å²) < 4.78 is 5.04. The van der Waals surface area contributed by atoms with Gasteiger partial charge in [-0.2, -0.15) is 0 Å². The van der Waals surface area contributed by atoms with E-state index in [9.17, 15) is 9.59 Å². The number of rotatable bonds is 6. The molecule has 0 saturated carbocycles. The van der Waals surface area contributed by atoms with E-state index in [1.165, 1.54) is 11.8 Å². The van der Waals surface area contributed by atoms with E-state index in [0.717, 1.165) is 58.3 Å². The fraction of sp³-hybridized carbons (Fsp3) is 0.500. The van der Waals surface area contributed by atoms with Crippen molar-refractivity contribution in [3.05, 3.63) is 60.1 Å². The molecule has 0 radical (unpaired) electrons. The molecule has 6 nitrogen and oxygen atoms in total. The molecule has 0 unspecified atom stereocenters. The van der Waals surface area contributed by atoms with Crippen molar-refractivity contribution >= 4 is 11.8 Å². The van der Waals surface area contributed by atoms with Crippen molar-refractivity contribution in [2.45, 2.75) is 38.1 Å². The molecular formula is C24H31N3O3. The monoisotopic (exact) mass is 409 g/mol. The first-order valence-corrected chi connectivity index (χ1v) is 11.1. The molecular weight excluding hydrogens is 378 g/mol. The van der Waals surface area contributed by atoms with Gasteiger partial charge in [0.2, 0.25) is 5.91 Å². The zero-order valence-electron chi connectivity index (χ0n) is 17.5. The molecule has 1 N–H and O–H groups in total. The van der Waals surface area contributed by atoms with Crippen LogP contribution in [0.5, 0.6) is 0 Å². The van der Waals surface area contributed by atoms with Crippen LogP contribution in [0.1, 0.15) is 41.6 Å². The zero-order chi connectivity index (χ0) is 20.8. The minimum Gasteiger partial charge on any atom is -0.472 e. The Kier molecular flexibility index (Phi) is 6.84. The van der Waals surface area contributed by atoms with Crippen molar-refractivity contribution < 1.29 is 14.0 Å². The summed E-state index contributed by atoms with van der Waals surface area (Å²) >= 11 is 0. The number of piperidine rings is 2. The van der Waals surface area contributed by atoms with Gasteiger partial charge in [-0.25, -0.2) is 0 Å². The SMILES string of the molecule is O=C(NCCc1ccccc1)[C@@H]1CCCN(C2CCN(C(=O)c3ccoc3)CC2)C1. The topological polar surface area (TPSA) is 65.8 Å². The minimum absolute atomic E-state index is 0.0523. The van der Waals surface area contributed by atoms with E-state index in [4.69, 9.17) is 4.42 Å². The van der Waals surface area contributed by atoms with E-state index >= 15 is 0 Å². The molecule has 2 fully saturated rings. The summed E-state index contributed by atoms with van der Waals surface area (Å²) in [6.07, 6.45) is 7.87. The molecule has 6 heteroatoms. The molecule has 2 aliphatic heterocycles. The third-order valence-corrected chi connectivity index (χ3v) is 6.42. The van der Waals surface area contributed by atoms with Crippen LogP contribution >= 0.6 is 0 Å². The van der Waals surface area contributed by atoms with Crippen LogP contribution in [0.15, 0.2) is 53.3 Å². The van der Waals surface area contributed by atoms with E-state index in [2.05, 4.69) is 22.3 Å². The number of hydrogen-bond donors (Lipinski definition) is 1. The third-order valence-electron chi connectivity index (χ3n) is 6.42. The van der Waals surface area contributed by atoms with Crippen molar-refractivity contribution in [3.8, 4) is 0 Å². The lowest BCUT2D eigenvalue weighted by atomic mass is 9.93. The highest BCUT2D eigenvalue weighted by atomic mass is 16.3. The van der Waals surface area contributed by atoms with Crippen LogP contribution in [-0.2, 0) is 11.2 Å². The highest BCUT2D eigenvalue weighted by molar-refractivity contribution is 5.93. The van der Waals surface area contributed by atoms with Gasteiger partial charge >= 0.3 is 0 Å². The van der Waals surface area contributed by atoms with Gasteiger partial charge in [0.15, 0.2) is 0 Å². The molecule has 1 aromatic heterocycles. The van der Waals surface area contributed by atoms with E-state index in [1.807, 2.05) is 23.1 Å². The number of nitrogens with zero attached hydrogens (tertiary/aromatic N) is 2. The third kappa shape index (κ3) is 5.11. The molecule has 0 bridgehead atoms. The van der Waals surface area contributed by atoms with Gasteiger partial charge in [-0.3, -0.25) is 14.5 Å². The van der Waals surface area contributed by atoms with E-state index in [0.29, 0.717) is 18.2 Å². The van der Waals surface area contributed by atoms with Gasteiger partial charge in [0.25, 0.3) is 5.91 Å². The van der Waals surface area contributed by atoms with Crippen molar-refractivity contribution in [2.24, 2.45) is 5.92 Å². The number of hydrogen-bond acceptors (Lipinski definition) is 4. The molecule has 3 heterocycles. The quantitative estimate of drug-likeness (QED) is 0.797. The van der Waals surface area contributed by atoms with Gasteiger partial charge in [0, 0.05) is 32.2 Å². The molecule has 1 aromatic carbocycles. The van der Waals surface area contributed by atoms with Crippen molar-refractivity contribution in [2.75, 3.05) is 32.7 Å². The van der Waals surface area contributed by atoms with Crippen LogP contribution in [0, 0.1) is 5.92 Å². The second-order valence-electron chi connectivity index (χ2n) is 8.40. The Morgan fingerprint density at radius 2 is 1.83 bits per heavy atom. The van der Waals surface area contributed by atoms with Crippen LogP contribution in [0.25, 0.3) is 0 Å². The molecule has 2 saturated heterocycles. The number of nitrogens with one attached hydrogen (secondary N) is 1. The van der Waals surface area contributed by atoms with Crippen LogP contribution in [0.4, 0.5) is 0 Å². The maximum atomic E-state index is 12.7. The van der Waals surface area contributed by atoms with Gasteiger partial charge in [-0.1, -0.05) is 30.3 Å². The first-order chi connectivity index (χ1) is 14.7. The Hall–Kier alpha value is -2.60. The maximum Gasteiger partial charge on any atom is 0.257 e. The molecule has 0 spiro atoms. The average Bonchev–Trinajstić information content (AvgIpc) is 3.34. The molecule has 2 aliphatic rings. The van der Waals surface area contributed by atoms with Crippen molar-refractivity contribution in [1.82, 2.24) is 15.1 Å². The Balaban J connectivity index is 1.22. The van der Waals surface area contributed by atoms with Gasteiger partial charge in [0.05, 0.1) is 17.7 Å². The first kappa shape index (κ1) is 20.7. The van der Waals surface area contributed by atoms with E-state index < -0.39 is 0 Å². The largest absolute Gasteiger partial charge is 0.472 e. The summed E-state index contributed by atoms with van der Waals surface area (Å²) in [5.74, 6) is 0.305. The normalized spacial score (nSPS) is 20.8. The average molecular weight is 410 g/mol. The predicted octanol–water partition coefficient (Wildman–Crippen LogP) is 2.96. The molecule has 160 valence electrons. The lowest BCUT2D eigenvalue weighted by molar-refractivity contribution is -0.127. The number of carbonyl (C=O) groups excluding carboxylic acids is 2. The van der Waals surface area contributed by atoms with Crippen molar-refractivity contribution in [3.63, 3.8) is 0 Å². The van der Waals surface area contributed by atoms with E-state index in [1.54, 1.807) is 12.3 Å². The summed E-state index contributed by atoms with van der Waals surface area (Å²) in [5.41, 5.74) is 1.87. The van der Waals surface area contributed by atoms with Crippen LogP contribution in [0.2, 0.25) is 0 Å². The number of carbonyl (C=O) groups is 2. The summed E-state index contributed by atoms with van der Waals surface area (Å²) in [6, 6.07) is 12.4. The zero-order valence-corrected chi connectivity index (χ0v) is 17.5. The number of likely N-dealkylation sites (tertiary alicyclic amines) is 2. The molecule has 1 atom stereocenters.